The molecule has 0 spiro atoms. The summed E-state index contributed by atoms with van der Waals surface area (Å²) in [6.07, 6.45) is 0.789. The van der Waals surface area contributed by atoms with E-state index in [0.29, 0.717) is 18.7 Å². The molecule has 1 heterocycles. The largest absolute Gasteiger partial charge is 0.419 e. The van der Waals surface area contributed by atoms with E-state index in [1.807, 2.05) is 26.0 Å². The average Bonchev–Trinajstić information content (AvgIpc) is 2.79. The van der Waals surface area contributed by atoms with Crippen LogP contribution in [-0.2, 0) is 11.3 Å². The number of hydrogen-bond acceptors (Lipinski definition) is 4. The van der Waals surface area contributed by atoms with Crippen LogP contribution in [0.4, 0.5) is 0 Å². The Bertz CT molecular complexity index is 548. The summed E-state index contributed by atoms with van der Waals surface area (Å²) in [6.45, 7) is 5.24. The van der Waals surface area contributed by atoms with Gasteiger partial charge in [0.15, 0.2) is 5.58 Å². The molecule has 2 rings (SSSR count). The molecule has 2 aromatic rings. The van der Waals surface area contributed by atoms with Crippen molar-refractivity contribution in [3.63, 3.8) is 0 Å². The Morgan fingerprint density at radius 1 is 1.35 bits per heavy atom. The normalized spacial score (nSPS) is 9.50. The number of aliphatic hydroxyl groups excluding tert-OH is 1. The van der Waals surface area contributed by atoms with E-state index in [0.717, 1.165) is 23.5 Å². The number of ether oxygens (including phenoxy) is 1. The van der Waals surface area contributed by atoms with Gasteiger partial charge in [-0.15, -0.1) is 0 Å². The first-order valence-electron chi connectivity index (χ1n) is 6.45. The molecule has 0 saturated carbocycles. The molecule has 0 atom stereocenters. The van der Waals surface area contributed by atoms with Crippen LogP contribution in [0, 0.1) is 0 Å². The van der Waals surface area contributed by atoms with Crippen molar-refractivity contribution in [3.05, 3.63) is 33.2 Å². The predicted molar refractivity (Wildman–Crippen MR) is 84.2 cm³/mol. The molecule has 0 aliphatic heterocycles. The standard InChI is InChI=1S/C11H12BrNO3.C2H6.CH4O/c1-15-6-2-5-13-9-7-8(12)3-4-10(9)16-11(13)14;2*1-2/h3-4,7H,2,5-6H2,1H3;1-2H3;2H,1H3. The Morgan fingerprint density at radius 3 is 2.60 bits per heavy atom. The van der Waals surface area contributed by atoms with Crippen molar-refractivity contribution in [3.8, 4) is 0 Å². The molecule has 0 aliphatic carbocycles. The lowest BCUT2D eigenvalue weighted by atomic mass is 10.3. The predicted octanol–water partition coefficient (Wildman–Crippen LogP) is 3.03. The smallest absolute Gasteiger partial charge is 0.408 e. The van der Waals surface area contributed by atoms with Gasteiger partial charge in [0, 0.05) is 31.8 Å². The summed E-state index contributed by atoms with van der Waals surface area (Å²) >= 11 is 3.38. The van der Waals surface area contributed by atoms with Crippen LogP contribution < -0.4 is 5.76 Å². The number of halogens is 1. The maximum Gasteiger partial charge on any atom is 0.419 e. The van der Waals surface area contributed by atoms with Gasteiger partial charge in [0.2, 0.25) is 0 Å². The molecule has 0 saturated heterocycles. The summed E-state index contributed by atoms with van der Waals surface area (Å²) in [4.78, 5) is 11.6. The van der Waals surface area contributed by atoms with Gasteiger partial charge in [0.05, 0.1) is 5.52 Å². The molecule has 1 N–H and O–H groups in total. The number of nitrogens with zero attached hydrogens (tertiary/aromatic N) is 1. The summed E-state index contributed by atoms with van der Waals surface area (Å²) in [5.74, 6) is -0.316. The van der Waals surface area contributed by atoms with E-state index < -0.39 is 0 Å². The number of rotatable bonds is 4. The number of hydrogen-bond donors (Lipinski definition) is 1. The third-order valence-electron chi connectivity index (χ3n) is 2.36. The summed E-state index contributed by atoms with van der Waals surface area (Å²) in [5, 5.41) is 7.00. The molecule has 5 nitrogen and oxygen atoms in total. The minimum atomic E-state index is -0.316. The third kappa shape index (κ3) is 5.11. The lowest BCUT2D eigenvalue weighted by Gasteiger charge is -2.01. The molecule has 114 valence electrons. The molecule has 0 bridgehead atoms. The number of aryl methyl sites for hydroxylation is 1. The van der Waals surface area contributed by atoms with E-state index in [1.165, 1.54) is 0 Å². The number of fused-ring (bicyclic) bond motifs is 1. The molecule has 1 aromatic heterocycles. The highest BCUT2D eigenvalue weighted by molar-refractivity contribution is 9.10. The quantitative estimate of drug-likeness (QED) is 0.863. The molecule has 0 unspecified atom stereocenters. The maximum absolute atomic E-state index is 11.6. The van der Waals surface area contributed by atoms with Crippen LogP contribution in [0.2, 0.25) is 0 Å². The SMILES string of the molecule is CC.CO.COCCCn1c(=O)oc2ccc(Br)cc21. The second-order valence-corrected chi connectivity index (χ2v) is 4.39. The van der Waals surface area contributed by atoms with E-state index in [-0.39, 0.29) is 5.76 Å². The van der Waals surface area contributed by atoms with Gasteiger partial charge in [-0.05, 0) is 24.6 Å². The molecule has 1 aromatic carbocycles. The summed E-state index contributed by atoms with van der Waals surface area (Å²) < 4.78 is 12.6. The highest BCUT2D eigenvalue weighted by Crippen LogP contribution is 2.18. The molecule has 0 aliphatic rings. The maximum atomic E-state index is 11.6. The average molecular weight is 348 g/mol. The Kier molecular flexibility index (Phi) is 10.1. The van der Waals surface area contributed by atoms with E-state index in [2.05, 4.69) is 15.9 Å². The van der Waals surface area contributed by atoms with Gasteiger partial charge in [0.25, 0.3) is 0 Å². The van der Waals surface area contributed by atoms with Gasteiger partial charge in [0.1, 0.15) is 0 Å². The lowest BCUT2D eigenvalue weighted by molar-refractivity contribution is 0.190. The van der Waals surface area contributed by atoms with E-state index >= 15 is 0 Å². The number of aliphatic hydroxyl groups is 1. The van der Waals surface area contributed by atoms with Crippen molar-refractivity contribution in [1.82, 2.24) is 4.57 Å². The van der Waals surface area contributed by atoms with E-state index in [1.54, 1.807) is 17.7 Å². The molecule has 0 amide bonds. The summed E-state index contributed by atoms with van der Waals surface area (Å²) in [6, 6.07) is 5.52. The monoisotopic (exact) mass is 347 g/mol. The fourth-order valence-electron chi connectivity index (χ4n) is 1.61. The highest BCUT2D eigenvalue weighted by Gasteiger charge is 2.08. The number of benzene rings is 1. The Balaban J connectivity index is 0.000000829. The molecule has 0 fully saturated rings. The fourth-order valence-corrected chi connectivity index (χ4v) is 1.96. The van der Waals surface area contributed by atoms with Gasteiger partial charge in [-0.3, -0.25) is 4.57 Å². The number of aromatic nitrogens is 1. The van der Waals surface area contributed by atoms with Crippen molar-refractivity contribution in [1.29, 1.82) is 0 Å². The topological polar surface area (TPSA) is 64.6 Å². The van der Waals surface area contributed by atoms with Crippen molar-refractivity contribution in [2.75, 3.05) is 20.8 Å². The molecule has 0 radical (unpaired) electrons. The minimum absolute atomic E-state index is 0.316. The first-order chi connectivity index (χ1) is 9.72. The number of methoxy groups -OCH3 is 1. The van der Waals surface area contributed by atoms with Crippen molar-refractivity contribution in [2.45, 2.75) is 26.8 Å². The Morgan fingerprint density at radius 2 is 2.00 bits per heavy atom. The number of oxazole rings is 1. The van der Waals surface area contributed by atoms with Crippen LogP contribution in [0.15, 0.2) is 31.9 Å². The van der Waals surface area contributed by atoms with Crippen LogP contribution in [0.5, 0.6) is 0 Å². The molecule has 20 heavy (non-hydrogen) atoms. The van der Waals surface area contributed by atoms with Gasteiger partial charge < -0.3 is 14.3 Å². The third-order valence-corrected chi connectivity index (χ3v) is 2.85. The molecule has 6 heteroatoms. The van der Waals surface area contributed by atoms with Gasteiger partial charge >= 0.3 is 5.76 Å². The second kappa shape index (κ2) is 10.7. The first-order valence-corrected chi connectivity index (χ1v) is 7.24. The van der Waals surface area contributed by atoms with E-state index in [4.69, 9.17) is 14.3 Å². The van der Waals surface area contributed by atoms with Crippen molar-refractivity contribution >= 4 is 27.0 Å². The zero-order chi connectivity index (χ0) is 15.5. The van der Waals surface area contributed by atoms with Crippen LogP contribution in [-0.4, -0.2) is 30.5 Å². The van der Waals surface area contributed by atoms with E-state index in [9.17, 15) is 4.79 Å². The van der Waals surface area contributed by atoms with Crippen LogP contribution in [0.25, 0.3) is 11.1 Å². The summed E-state index contributed by atoms with van der Waals surface area (Å²) in [5.41, 5.74) is 1.43. The van der Waals surface area contributed by atoms with Gasteiger partial charge in [-0.25, -0.2) is 4.79 Å². The fraction of sp³-hybridized carbons (Fsp3) is 0.500. The van der Waals surface area contributed by atoms with Crippen molar-refractivity contribution < 1.29 is 14.3 Å². The first kappa shape index (κ1) is 18.9. The zero-order valence-corrected chi connectivity index (χ0v) is 13.9. The molecular weight excluding hydrogens is 326 g/mol. The zero-order valence-electron chi connectivity index (χ0n) is 12.4. The lowest BCUT2D eigenvalue weighted by Crippen LogP contribution is -2.15. The van der Waals surface area contributed by atoms with Crippen LogP contribution in [0.3, 0.4) is 0 Å². The van der Waals surface area contributed by atoms with Crippen molar-refractivity contribution in [2.24, 2.45) is 0 Å². The van der Waals surface area contributed by atoms with Crippen LogP contribution >= 0.6 is 15.9 Å². The molecular formula is C14H22BrNO4. The minimum Gasteiger partial charge on any atom is -0.408 e. The Hall–Kier alpha value is -1.11. The highest BCUT2D eigenvalue weighted by atomic mass is 79.9. The summed E-state index contributed by atoms with van der Waals surface area (Å²) in [7, 11) is 2.65. The second-order valence-electron chi connectivity index (χ2n) is 3.48. The van der Waals surface area contributed by atoms with Gasteiger partial charge in [-0.2, -0.15) is 0 Å². The van der Waals surface area contributed by atoms with Crippen LogP contribution in [0.1, 0.15) is 20.3 Å². The Labute approximate surface area is 127 Å². The van der Waals surface area contributed by atoms with Gasteiger partial charge in [-0.1, -0.05) is 29.8 Å².